The van der Waals surface area contributed by atoms with Gasteiger partial charge in [-0.1, -0.05) is 18.2 Å². The van der Waals surface area contributed by atoms with Crippen LogP contribution in [0.2, 0.25) is 0 Å². The van der Waals surface area contributed by atoms with E-state index in [1.807, 2.05) is 36.1 Å². The highest BCUT2D eigenvalue weighted by Gasteiger charge is 2.41. The fourth-order valence-corrected chi connectivity index (χ4v) is 4.42. The van der Waals surface area contributed by atoms with Gasteiger partial charge in [0, 0.05) is 50.0 Å². The van der Waals surface area contributed by atoms with E-state index in [4.69, 9.17) is 4.74 Å². The van der Waals surface area contributed by atoms with E-state index in [0.29, 0.717) is 25.0 Å². The second kappa shape index (κ2) is 8.52. The fourth-order valence-electron chi connectivity index (χ4n) is 4.42. The van der Waals surface area contributed by atoms with Crippen LogP contribution in [0.1, 0.15) is 44.1 Å². The third kappa shape index (κ3) is 4.32. The number of amides is 3. The summed E-state index contributed by atoms with van der Waals surface area (Å²) < 4.78 is 5.51. The topological polar surface area (TPSA) is 61.9 Å². The molecule has 0 aromatic heterocycles. The molecule has 1 aromatic carbocycles. The molecule has 1 aromatic rings. The summed E-state index contributed by atoms with van der Waals surface area (Å²) in [6, 6.07) is 8.34. The standard InChI is InChI=1S/C22H31N3O3/c1-16-4-2-3-5-20(16)23-22(27)24-12-8-18(9-13-24)25(21(26)17-6-7-17)19-10-14-28-15-11-19/h2-5,17-19H,6-15H2,1H3,(H,23,27). The van der Waals surface area contributed by atoms with Gasteiger partial charge in [-0.2, -0.15) is 0 Å². The Balaban J connectivity index is 1.36. The van der Waals surface area contributed by atoms with Crippen molar-refractivity contribution in [2.24, 2.45) is 5.92 Å². The molecule has 3 fully saturated rings. The van der Waals surface area contributed by atoms with E-state index in [-0.39, 0.29) is 18.0 Å². The Morgan fingerprint density at radius 1 is 1.00 bits per heavy atom. The number of carbonyl (C=O) groups is 2. The summed E-state index contributed by atoms with van der Waals surface area (Å²) in [5.74, 6) is 0.583. The van der Waals surface area contributed by atoms with E-state index >= 15 is 0 Å². The maximum absolute atomic E-state index is 13.0. The van der Waals surface area contributed by atoms with E-state index < -0.39 is 0 Å². The lowest BCUT2D eigenvalue weighted by Gasteiger charge is -2.43. The van der Waals surface area contributed by atoms with Crippen molar-refractivity contribution in [2.75, 3.05) is 31.6 Å². The highest BCUT2D eigenvalue weighted by Crippen LogP contribution is 2.35. The van der Waals surface area contributed by atoms with Gasteiger partial charge in [-0.15, -0.1) is 0 Å². The number of rotatable bonds is 4. The number of ether oxygens (including phenoxy) is 1. The van der Waals surface area contributed by atoms with Crippen LogP contribution in [-0.4, -0.2) is 60.1 Å². The zero-order valence-corrected chi connectivity index (χ0v) is 16.7. The third-order valence-corrected chi connectivity index (χ3v) is 6.30. The highest BCUT2D eigenvalue weighted by atomic mass is 16.5. The second-order valence-corrected chi connectivity index (χ2v) is 8.33. The van der Waals surface area contributed by atoms with Crippen molar-refractivity contribution in [3.05, 3.63) is 29.8 Å². The molecule has 0 unspecified atom stereocenters. The summed E-state index contributed by atoms with van der Waals surface area (Å²) in [5, 5.41) is 3.03. The molecule has 28 heavy (non-hydrogen) atoms. The smallest absolute Gasteiger partial charge is 0.321 e. The molecule has 3 aliphatic rings. The number of nitrogens with zero attached hydrogens (tertiary/aromatic N) is 2. The Morgan fingerprint density at radius 2 is 1.64 bits per heavy atom. The molecule has 2 heterocycles. The number of hydrogen-bond acceptors (Lipinski definition) is 3. The predicted molar refractivity (Wildman–Crippen MR) is 108 cm³/mol. The molecule has 152 valence electrons. The SMILES string of the molecule is Cc1ccccc1NC(=O)N1CCC(N(C(=O)C2CC2)C2CCOCC2)CC1. The number of nitrogens with one attached hydrogen (secondary N) is 1. The Morgan fingerprint density at radius 3 is 2.29 bits per heavy atom. The monoisotopic (exact) mass is 385 g/mol. The Kier molecular flexibility index (Phi) is 5.85. The van der Waals surface area contributed by atoms with Crippen LogP contribution in [0.15, 0.2) is 24.3 Å². The van der Waals surface area contributed by atoms with Gasteiger partial charge in [0.15, 0.2) is 0 Å². The molecular formula is C22H31N3O3. The van der Waals surface area contributed by atoms with E-state index in [2.05, 4.69) is 10.2 Å². The first-order valence-corrected chi connectivity index (χ1v) is 10.6. The minimum absolute atomic E-state index is 0.0427. The minimum atomic E-state index is -0.0427. The van der Waals surface area contributed by atoms with Crippen molar-refractivity contribution in [2.45, 2.75) is 57.5 Å². The number of para-hydroxylation sites is 1. The number of carbonyl (C=O) groups excluding carboxylic acids is 2. The summed E-state index contributed by atoms with van der Waals surface area (Å²) in [6.45, 7) is 4.88. The van der Waals surface area contributed by atoms with Crippen molar-refractivity contribution in [1.82, 2.24) is 9.80 Å². The molecule has 0 atom stereocenters. The average Bonchev–Trinajstić information content (AvgIpc) is 3.57. The molecule has 6 nitrogen and oxygen atoms in total. The van der Waals surface area contributed by atoms with Gasteiger partial charge in [-0.25, -0.2) is 4.79 Å². The molecule has 6 heteroatoms. The van der Waals surface area contributed by atoms with Crippen molar-refractivity contribution >= 4 is 17.6 Å². The van der Waals surface area contributed by atoms with E-state index in [0.717, 1.165) is 63.0 Å². The maximum Gasteiger partial charge on any atom is 0.321 e. The van der Waals surface area contributed by atoms with E-state index in [1.54, 1.807) is 0 Å². The molecule has 0 radical (unpaired) electrons. The molecule has 1 aliphatic carbocycles. The van der Waals surface area contributed by atoms with Crippen LogP contribution in [0.5, 0.6) is 0 Å². The van der Waals surface area contributed by atoms with Gasteiger partial charge < -0.3 is 19.9 Å². The molecule has 2 saturated heterocycles. The van der Waals surface area contributed by atoms with Crippen molar-refractivity contribution in [3.8, 4) is 0 Å². The van der Waals surface area contributed by atoms with Crippen LogP contribution in [0.4, 0.5) is 10.5 Å². The predicted octanol–water partition coefficient (Wildman–Crippen LogP) is 3.41. The van der Waals surface area contributed by atoms with Gasteiger partial charge >= 0.3 is 6.03 Å². The number of urea groups is 1. The largest absolute Gasteiger partial charge is 0.381 e. The van der Waals surface area contributed by atoms with Crippen molar-refractivity contribution in [3.63, 3.8) is 0 Å². The molecule has 0 spiro atoms. The molecule has 3 amide bonds. The summed E-state index contributed by atoms with van der Waals surface area (Å²) >= 11 is 0. The van der Waals surface area contributed by atoms with Crippen LogP contribution in [0.3, 0.4) is 0 Å². The summed E-state index contributed by atoms with van der Waals surface area (Å²) in [4.78, 5) is 29.7. The lowest BCUT2D eigenvalue weighted by molar-refractivity contribution is -0.141. The Labute approximate surface area is 167 Å². The van der Waals surface area contributed by atoms with Crippen LogP contribution in [-0.2, 0) is 9.53 Å². The van der Waals surface area contributed by atoms with Gasteiger partial charge in [-0.05, 0) is 57.1 Å². The number of aryl methyl sites for hydroxylation is 1. The summed E-state index contributed by atoms with van der Waals surface area (Å²) in [6.07, 6.45) is 5.67. The van der Waals surface area contributed by atoms with Crippen molar-refractivity contribution < 1.29 is 14.3 Å². The first-order valence-electron chi connectivity index (χ1n) is 10.6. The third-order valence-electron chi connectivity index (χ3n) is 6.30. The van der Waals surface area contributed by atoms with E-state index in [9.17, 15) is 9.59 Å². The fraction of sp³-hybridized carbons (Fsp3) is 0.636. The van der Waals surface area contributed by atoms with Gasteiger partial charge in [-0.3, -0.25) is 4.79 Å². The molecule has 0 bridgehead atoms. The zero-order valence-electron chi connectivity index (χ0n) is 16.7. The number of benzene rings is 1. The first kappa shape index (κ1) is 19.2. The highest BCUT2D eigenvalue weighted by molar-refractivity contribution is 5.90. The summed E-state index contributed by atoms with van der Waals surface area (Å²) in [5.41, 5.74) is 1.92. The molecule has 4 rings (SSSR count). The van der Waals surface area contributed by atoms with Gasteiger partial charge in [0.05, 0.1) is 0 Å². The van der Waals surface area contributed by atoms with Gasteiger partial charge in [0.1, 0.15) is 0 Å². The average molecular weight is 386 g/mol. The van der Waals surface area contributed by atoms with Crippen LogP contribution in [0, 0.1) is 12.8 Å². The number of piperidine rings is 1. The first-order chi connectivity index (χ1) is 13.6. The number of hydrogen-bond donors (Lipinski definition) is 1. The zero-order chi connectivity index (χ0) is 19.5. The van der Waals surface area contributed by atoms with Crippen molar-refractivity contribution in [1.29, 1.82) is 0 Å². The number of likely N-dealkylation sites (tertiary alicyclic amines) is 1. The van der Waals surface area contributed by atoms with Crippen LogP contribution in [0.25, 0.3) is 0 Å². The molecule has 1 N–H and O–H groups in total. The Bertz CT molecular complexity index is 705. The maximum atomic E-state index is 13.0. The quantitative estimate of drug-likeness (QED) is 0.864. The summed E-state index contributed by atoms with van der Waals surface area (Å²) in [7, 11) is 0. The van der Waals surface area contributed by atoms with Gasteiger partial charge in [0.2, 0.25) is 5.91 Å². The normalized spacial score (nSPS) is 21.4. The Hall–Kier alpha value is -2.08. The van der Waals surface area contributed by atoms with E-state index in [1.165, 1.54) is 0 Å². The number of anilines is 1. The molecular weight excluding hydrogens is 354 g/mol. The lowest BCUT2D eigenvalue weighted by Crippen LogP contribution is -2.54. The molecule has 1 saturated carbocycles. The van der Waals surface area contributed by atoms with Crippen LogP contribution >= 0.6 is 0 Å². The van der Waals surface area contributed by atoms with Gasteiger partial charge in [0.25, 0.3) is 0 Å². The second-order valence-electron chi connectivity index (χ2n) is 8.33. The lowest BCUT2D eigenvalue weighted by atomic mass is 9.97. The molecule has 2 aliphatic heterocycles. The van der Waals surface area contributed by atoms with Crippen LogP contribution < -0.4 is 5.32 Å². The minimum Gasteiger partial charge on any atom is -0.381 e.